The van der Waals surface area contributed by atoms with E-state index in [-0.39, 0.29) is 29.3 Å². The summed E-state index contributed by atoms with van der Waals surface area (Å²) in [7, 11) is -1.91. The Morgan fingerprint density at radius 1 is 1.31 bits per heavy atom. The molecule has 0 spiro atoms. The lowest BCUT2D eigenvalue weighted by molar-refractivity contribution is 0.0532. The third kappa shape index (κ3) is 4.20. The molecule has 144 valence electrons. The maximum Gasteiger partial charge on any atom is 0.348 e. The first-order chi connectivity index (χ1) is 11.9. The maximum absolute atomic E-state index is 12.9. The normalized spacial score (nSPS) is 15.8. The van der Waals surface area contributed by atoms with Crippen molar-refractivity contribution in [2.45, 2.75) is 30.7 Å². The Bertz CT molecular complexity index is 876. The monoisotopic (exact) mass is 418 g/mol. The van der Waals surface area contributed by atoms with Crippen molar-refractivity contribution in [3.63, 3.8) is 0 Å². The van der Waals surface area contributed by atoms with Crippen LogP contribution in [0.4, 0.5) is 0 Å². The first kappa shape index (κ1) is 21.1. The van der Waals surface area contributed by atoms with E-state index in [0.717, 1.165) is 36.0 Å². The molecule has 0 amide bonds. The largest absolute Gasteiger partial charge is 0.462 e. The molecular formula is C17H23ClN2O4S2. The number of carbonyl (C=O) groups excluding carboxylic acids is 1. The molecule has 1 N–H and O–H groups in total. The summed E-state index contributed by atoms with van der Waals surface area (Å²) in [5, 5.41) is 3.99. The molecule has 0 unspecified atom stereocenters. The summed E-state index contributed by atoms with van der Waals surface area (Å²) in [6.07, 6.45) is 1.62. The summed E-state index contributed by atoms with van der Waals surface area (Å²) in [6, 6.07) is 6.72. The predicted octanol–water partition coefficient (Wildman–Crippen LogP) is 2.87. The smallest absolute Gasteiger partial charge is 0.348 e. The van der Waals surface area contributed by atoms with Crippen molar-refractivity contribution in [1.82, 2.24) is 9.62 Å². The number of fused-ring (bicyclic) bond motifs is 1. The van der Waals surface area contributed by atoms with Gasteiger partial charge in [-0.3, -0.25) is 0 Å². The maximum atomic E-state index is 12.9. The molecule has 0 radical (unpaired) electrons. The zero-order valence-corrected chi connectivity index (χ0v) is 17.2. The summed E-state index contributed by atoms with van der Waals surface area (Å²) in [6.45, 7) is 3.73. The first-order valence-corrected chi connectivity index (χ1v) is 10.6. The lowest BCUT2D eigenvalue weighted by Gasteiger charge is -2.30. The van der Waals surface area contributed by atoms with Crippen molar-refractivity contribution in [2.24, 2.45) is 0 Å². The number of thiophene rings is 1. The molecule has 0 saturated carbocycles. The Balaban J connectivity index is 0.00000243. The fourth-order valence-electron chi connectivity index (χ4n) is 3.02. The fourth-order valence-corrected chi connectivity index (χ4v) is 5.41. The standard InChI is InChI=1S/C17H22N2O4S2.ClH/c1-3-23-17(20)16-11-12-10-14(4-5-15(12)24-16)25(21,22)19(2)13-6-8-18-9-7-13;/h4-5,10-11,13,18H,3,6-9H2,1-2H3;1H. The molecular weight excluding hydrogens is 396 g/mol. The van der Waals surface area contributed by atoms with Crippen LogP contribution < -0.4 is 5.32 Å². The molecule has 9 heteroatoms. The third-order valence-corrected chi connectivity index (χ3v) is 7.47. The Morgan fingerprint density at radius 2 is 2.00 bits per heavy atom. The van der Waals surface area contributed by atoms with Gasteiger partial charge in [0.15, 0.2) is 0 Å². The van der Waals surface area contributed by atoms with Gasteiger partial charge in [0.1, 0.15) is 4.88 Å². The van der Waals surface area contributed by atoms with Crippen molar-refractivity contribution < 1.29 is 17.9 Å². The van der Waals surface area contributed by atoms with Crippen molar-refractivity contribution >= 4 is 49.8 Å². The minimum atomic E-state index is -3.56. The number of esters is 1. The van der Waals surface area contributed by atoms with Crippen LogP contribution in [-0.4, -0.2) is 51.5 Å². The molecule has 1 aliphatic heterocycles. The van der Waals surface area contributed by atoms with Gasteiger partial charge in [0.25, 0.3) is 0 Å². The van der Waals surface area contributed by atoms with Gasteiger partial charge < -0.3 is 10.1 Å². The van der Waals surface area contributed by atoms with E-state index in [9.17, 15) is 13.2 Å². The van der Waals surface area contributed by atoms with E-state index >= 15 is 0 Å². The van der Waals surface area contributed by atoms with Gasteiger partial charge >= 0.3 is 5.97 Å². The zero-order valence-electron chi connectivity index (χ0n) is 14.7. The van der Waals surface area contributed by atoms with Gasteiger partial charge in [0, 0.05) is 17.8 Å². The second kappa shape index (κ2) is 8.67. The van der Waals surface area contributed by atoms with Gasteiger partial charge in [-0.1, -0.05) is 0 Å². The van der Waals surface area contributed by atoms with Gasteiger partial charge in [0.2, 0.25) is 10.0 Å². The van der Waals surface area contributed by atoms with Gasteiger partial charge in [-0.05, 0) is 62.5 Å². The minimum absolute atomic E-state index is 0. The van der Waals surface area contributed by atoms with Crippen LogP contribution >= 0.6 is 23.7 Å². The Kier molecular flexibility index (Phi) is 7.04. The molecule has 0 bridgehead atoms. The highest BCUT2D eigenvalue weighted by molar-refractivity contribution is 7.89. The van der Waals surface area contributed by atoms with Crippen LogP contribution in [0.3, 0.4) is 0 Å². The number of nitrogens with zero attached hydrogens (tertiary/aromatic N) is 1. The molecule has 2 aromatic rings. The second-order valence-electron chi connectivity index (χ2n) is 6.03. The quantitative estimate of drug-likeness (QED) is 0.755. The van der Waals surface area contributed by atoms with E-state index in [2.05, 4.69) is 5.32 Å². The molecule has 1 saturated heterocycles. The summed E-state index contributed by atoms with van der Waals surface area (Å²) in [4.78, 5) is 12.6. The molecule has 0 aliphatic carbocycles. The Morgan fingerprint density at radius 3 is 2.65 bits per heavy atom. The van der Waals surface area contributed by atoms with Crippen LogP contribution in [0.2, 0.25) is 0 Å². The average molecular weight is 419 g/mol. The van der Waals surface area contributed by atoms with Gasteiger partial charge in [-0.15, -0.1) is 23.7 Å². The number of hydrogen-bond acceptors (Lipinski definition) is 6. The number of nitrogens with one attached hydrogen (secondary N) is 1. The number of benzene rings is 1. The first-order valence-electron chi connectivity index (χ1n) is 8.33. The highest BCUT2D eigenvalue weighted by Gasteiger charge is 2.29. The number of piperidine rings is 1. The lowest BCUT2D eigenvalue weighted by atomic mass is 10.1. The van der Waals surface area contributed by atoms with Crippen LogP contribution in [0.1, 0.15) is 29.4 Å². The SMILES string of the molecule is CCOC(=O)c1cc2cc(S(=O)(=O)N(C)C3CCNCC3)ccc2s1.Cl. The summed E-state index contributed by atoms with van der Waals surface area (Å²) >= 11 is 1.31. The number of carbonyl (C=O) groups is 1. The summed E-state index contributed by atoms with van der Waals surface area (Å²) < 4.78 is 33.2. The molecule has 1 aromatic carbocycles. The van der Waals surface area contributed by atoms with Crippen molar-refractivity contribution in [2.75, 3.05) is 26.7 Å². The number of ether oxygens (including phenoxy) is 1. The molecule has 1 aromatic heterocycles. The predicted molar refractivity (Wildman–Crippen MR) is 106 cm³/mol. The van der Waals surface area contributed by atoms with Gasteiger partial charge in [0.05, 0.1) is 11.5 Å². The average Bonchev–Trinajstić information content (AvgIpc) is 3.05. The van der Waals surface area contributed by atoms with E-state index in [4.69, 9.17) is 4.74 Å². The van der Waals surface area contributed by atoms with Crippen molar-refractivity contribution in [3.8, 4) is 0 Å². The number of rotatable bonds is 5. The number of halogens is 1. The van der Waals surface area contributed by atoms with Crippen LogP contribution in [0.25, 0.3) is 10.1 Å². The van der Waals surface area contributed by atoms with E-state index in [0.29, 0.717) is 11.5 Å². The van der Waals surface area contributed by atoms with Crippen LogP contribution in [0.5, 0.6) is 0 Å². The lowest BCUT2D eigenvalue weighted by Crippen LogP contribution is -2.43. The summed E-state index contributed by atoms with van der Waals surface area (Å²) in [5.74, 6) is -0.375. The zero-order chi connectivity index (χ0) is 18.0. The second-order valence-corrected chi connectivity index (χ2v) is 9.11. The molecule has 2 heterocycles. The van der Waals surface area contributed by atoms with Crippen LogP contribution in [-0.2, 0) is 14.8 Å². The highest BCUT2D eigenvalue weighted by atomic mass is 35.5. The molecule has 26 heavy (non-hydrogen) atoms. The summed E-state index contributed by atoms with van der Waals surface area (Å²) in [5.41, 5.74) is 0. The topological polar surface area (TPSA) is 75.7 Å². The number of sulfonamides is 1. The molecule has 1 aliphatic rings. The Hall–Kier alpha value is -1.19. The van der Waals surface area contributed by atoms with E-state index in [1.807, 2.05) is 0 Å². The molecule has 1 fully saturated rings. The van der Waals surface area contributed by atoms with Crippen LogP contribution in [0, 0.1) is 0 Å². The van der Waals surface area contributed by atoms with Crippen molar-refractivity contribution in [3.05, 3.63) is 29.1 Å². The highest BCUT2D eigenvalue weighted by Crippen LogP contribution is 2.30. The van der Waals surface area contributed by atoms with E-state index < -0.39 is 10.0 Å². The van der Waals surface area contributed by atoms with E-state index in [1.165, 1.54) is 15.6 Å². The third-order valence-electron chi connectivity index (χ3n) is 4.46. The van der Waals surface area contributed by atoms with Gasteiger partial charge in [-0.2, -0.15) is 4.31 Å². The number of hydrogen-bond donors (Lipinski definition) is 1. The Labute approximate surface area is 164 Å². The van der Waals surface area contributed by atoms with Crippen LogP contribution in [0.15, 0.2) is 29.2 Å². The van der Waals surface area contributed by atoms with E-state index in [1.54, 1.807) is 38.2 Å². The van der Waals surface area contributed by atoms with Gasteiger partial charge in [-0.25, -0.2) is 13.2 Å². The van der Waals surface area contributed by atoms with Crippen molar-refractivity contribution in [1.29, 1.82) is 0 Å². The molecule has 0 atom stereocenters. The molecule has 3 rings (SSSR count). The minimum Gasteiger partial charge on any atom is -0.462 e. The molecule has 6 nitrogen and oxygen atoms in total. The fraction of sp³-hybridized carbons (Fsp3) is 0.471.